The van der Waals surface area contributed by atoms with Crippen molar-refractivity contribution in [3.63, 3.8) is 0 Å². The summed E-state index contributed by atoms with van der Waals surface area (Å²) in [6.07, 6.45) is 9.65. The molecule has 2 aliphatic rings. The topological polar surface area (TPSA) is 75.1 Å². The summed E-state index contributed by atoms with van der Waals surface area (Å²) in [6.45, 7) is 0.712. The second-order valence-electron chi connectivity index (χ2n) is 7.41. The molecule has 1 amide bonds. The molecule has 2 aromatic rings. The summed E-state index contributed by atoms with van der Waals surface area (Å²) < 4.78 is 1.80. The second-order valence-corrected chi connectivity index (χ2v) is 7.41. The number of hydrogen-bond acceptors (Lipinski definition) is 5. The van der Waals surface area contributed by atoms with Gasteiger partial charge in [-0.25, -0.2) is 0 Å². The number of likely N-dealkylation sites (N-methyl/N-ethyl adjacent to an activating group) is 1. The van der Waals surface area contributed by atoms with Gasteiger partial charge in [-0.2, -0.15) is 0 Å². The van der Waals surface area contributed by atoms with E-state index in [2.05, 4.69) is 21.0 Å². The zero-order valence-corrected chi connectivity index (χ0v) is 15.1. The summed E-state index contributed by atoms with van der Waals surface area (Å²) in [5.74, 6) is 0.648. The molecule has 2 heterocycles. The van der Waals surface area contributed by atoms with E-state index in [1.165, 1.54) is 32.1 Å². The summed E-state index contributed by atoms with van der Waals surface area (Å²) in [4.78, 5) is 14.8. The maximum absolute atomic E-state index is 12.9. The van der Waals surface area contributed by atoms with Gasteiger partial charge in [-0.1, -0.05) is 25.3 Å². The Labute approximate surface area is 153 Å². The van der Waals surface area contributed by atoms with Gasteiger partial charge < -0.3 is 4.90 Å². The number of hydrogen-bond donors (Lipinski definition) is 2. The van der Waals surface area contributed by atoms with E-state index in [4.69, 9.17) is 0 Å². The number of rotatable bonds is 4. The molecule has 26 heavy (non-hydrogen) atoms. The summed E-state index contributed by atoms with van der Waals surface area (Å²) in [5, 5.41) is 7.65. The lowest BCUT2D eigenvalue weighted by atomic mass is 9.90. The van der Waals surface area contributed by atoms with Gasteiger partial charge in [-0.3, -0.25) is 20.2 Å². The number of fused-ring (bicyclic) bond motifs is 1. The molecule has 1 aliphatic heterocycles. The Kier molecular flexibility index (Phi) is 4.99. The third-order valence-electron chi connectivity index (χ3n) is 5.67. The predicted octanol–water partition coefficient (Wildman–Crippen LogP) is 1.76. The number of hydrazine groups is 1. The Balaban J connectivity index is 1.44. The molecule has 7 nitrogen and oxygen atoms in total. The van der Waals surface area contributed by atoms with Crippen LogP contribution in [0.1, 0.15) is 42.5 Å². The second kappa shape index (κ2) is 7.55. The molecule has 2 fully saturated rings. The fourth-order valence-electron chi connectivity index (χ4n) is 4.23. The van der Waals surface area contributed by atoms with E-state index >= 15 is 0 Å². The van der Waals surface area contributed by atoms with E-state index in [0.29, 0.717) is 30.1 Å². The van der Waals surface area contributed by atoms with Gasteiger partial charge in [-0.15, -0.1) is 10.2 Å². The molecular formula is C19H26N6O. The van der Waals surface area contributed by atoms with Crippen LogP contribution in [0.4, 0.5) is 0 Å². The van der Waals surface area contributed by atoms with Crippen LogP contribution in [0.25, 0.3) is 5.69 Å². The number of amides is 1. The first-order chi connectivity index (χ1) is 12.7. The molecule has 1 aliphatic carbocycles. The van der Waals surface area contributed by atoms with Crippen molar-refractivity contribution in [2.24, 2.45) is 5.92 Å². The standard InChI is InChI=1S/C19H26N6O/c1-24(11-18-16-8-3-2-4-9-17(16)22-23-18)19(26)14-6-5-7-15(10-14)25-12-20-21-13-25/h5-7,10,12-13,16-18,22-23H,2-4,8-9,11H2,1H3. The number of carbonyl (C=O) groups is 1. The first-order valence-corrected chi connectivity index (χ1v) is 9.44. The van der Waals surface area contributed by atoms with Gasteiger partial charge in [0.25, 0.3) is 5.91 Å². The number of carbonyl (C=O) groups excluding carboxylic acids is 1. The number of nitrogens with one attached hydrogen (secondary N) is 2. The highest BCUT2D eigenvalue weighted by Crippen LogP contribution is 2.29. The van der Waals surface area contributed by atoms with Crippen molar-refractivity contribution in [2.45, 2.75) is 44.2 Å². The zero-order chi connectivity index (χ0) is 17.9. The van der Waals surface area contributed by atoms with Crippen molar-refractivity contribution in [3.05, 3.63) is 42.5 Å². The van der Waals surface area contributed by atoms with Crippen molar-refractivity contribution in [2.75, 3.05) is 13.6 Å². The molecule has 1 aromatic carbocycles. The first kappa shape index (κ1) is 17.2. The molecule has 1 saturated heterocycles. The van der Waals surface area contributed by atoms with Crippen molar-refractivity contribution in [1.29, 1.82) is 0 Å². The van der Waals surface area contributed by atoms with Crippen LogP contribution in [0, 0.1) is 5.92 Å². The Morgan fingerprint density at radius 1 is 1.19 bits per heavy atom. The minimum Gasteiger partial charge on any atom is -0.340 e. The lowest BCUT2D eigenvalue weighted by molar-refractivity contribution is 0.0774. The number of nitrogens with zero attached hydrogens (tertiary/aromatic N) is 4. The number of benzene rings is 1. The zero-order valence-electron chi connectivity index (χ0n) is 15.1. The van der Waals surface area contributed by atoms with Gasteiger partial charge >= 0.3 is 0 Å². The maximum atomic E-state index is 12.9. The third kappa shape index (κ3) is 3.50. The van der Waals surface area contributed by atoms with Crippen LogP contribution in [0.15, 0.2) is 36.9 Å². The highest BCUT2D eigenvalue weighted by Gasteiger charge is 2.37. The molecule has 0 radical (unpaired) electrons. The fourth-order valence-corrected chi connectivity index (χ4v) is 4.23. The molecule has 3 unspecified atom stereocenters. The molecule has 4 rings (SSSR count). The van der Waals surface area contributed by atoms with Crippen molar-refractivity contribution in [3.8, 4) is 5.69 Å². The molecule has 1 aromatic heterocycles. The number of aromatic nitrogens is 3. The van der Waals surface area contributed by atoms with Crippen LogP contribution in [-0.2, 0) is 0 Å². The minimum atomic E-state index is 0.0406. The van der Waals surface area contributed by atoms with Gasteiger partial charge in [0.1, 0.15) is 12.7 Å². The lowest BCUT2D eigenvalue weighted by Crippen LogP contribution is -2.43. The van der Waals surface area contributed by atoms with Gasteiger partial charge in [0.05, 0.1) is 0 Å². The van der Waals surface area contributed by atoms with Crippen LogP contribution in [-0.4, -0.2) is 51.2 Å². The van der Waals surface area contributed by atoms with Gasteiger partial charge in [-0.05, 0) is 37.0 Å². The minimum absolute atomic E-state index is 0.0406. The van der Waals surface area contributed by atoms with Crippen LogP contribution in [0.5, 0.6) is 0 Å². The van der Waals surface area contributed by atoms with Gasteiger partial charge in [0.15, 0.2) is 0 Å². The predicted molar refractivity (Wildman–Crippen MR) is 98.7 cm³/mol. The van der Waals surface area contributed by atoms with E-state index in [1.54, 1.807) is 17.2 Å². The molecule has 2 N–H and O–H groups in total. The average molecular weight is 354 g/mol. The van der Waals surface area contributed by atoms with Gasteiger partial charge in [0, 0.05) is 36.9 Å². The highest BCUT2D eigenvalue weighted by atomic mass is 16.2. The Hall–Kier alpha value is -2.25. The van der Waals surface area contributed by atoms with E-state index in [1.807, 2.05) is 36.2 Å². The van der Waals surface area contributed by atoms with Crippen LogP contribution in [0.3, 0.4) is 0 Å². The van der Waals surface area contributed by atoms with E-state index in [9.17, 15) is 4.79 Å². The van der Waals surface area contributed by atoms with Crippen LogP contribution >= 0.6 is 0 Å². The van der Waals surface area contributed by atoms with Crippen molar-refractivity contribution in [1.82, 2.24) is 30.5 Å². The van der Waals surface area contributed by atoms with Crippen LogP contribution < -0.4 is 10.9 Å². The monoisotopic (exact) mass is 354 g/mol. The molecular weight excluding hydrogens is 328 g/mol. The quantitative estimate of drug-likeness (QED) is 0.875. The lowest BCUT2D eigenvalue weighted by Gasteiger charge is -2.26. The normalized spacial score (nSPS) is 25.5. The van der Waals surface area contributed by atoms with E-state index in [0.717, 1.165) is 5.69 Å². The summed E-state index contributed by atoms with van der Waals surface area (Å²) in [5.41, 5.74) is 8.46. The highest BCUT2D eigenvalue weighted by molar-refractivity contribution is 5.94. The summed E-state index contributed by atoms with van der Waals surface area (Å²) in [6, 6.07) is 8.45. The average Bonchev–Trinajstić information content (AvgIpc) is 3.27. The van der Waals surface area contributed by atoms with Crippen molar-refractivity contribution < 1.29 is 4.79 Å². The van der Waals surface area contributed by atoms with Crippen LogP contribution in [0.2, 0.25) is 0 Å². The first-order valence-electron chi connectivity index (χ1n) is 9.44. The Morgan fingerprint density at radius 2 is 2.00 bits per heavy atom. The van der Waals surface area contributed by atoms with Crippen molar-refractivity contribution >= 4 is 5.91 Å². The largest absolute Gasteiger partial charge is 0.340 e. The van der Waals surface area contributed by atoms with Gasteiger partial charge in [0.2, 0.25) is 0 Å². The Morgan fingerprint density at radius 3 is 2.85 bits per heavy atom. The summed E-state index contributed by atoms with van der Waals surface area (Å²) >= 11 is 0. The smallest absolute Gasteiger partial charge is 0.253 e. The maximum Gasteiger partial charge on any atom is 0.253 e. The molecule has 7 heteroatoms. The van der Waals surface area contributed by atoms with E-state index in [-0.39, 0.29) is 5.91 Å². The molecule has 1 saturated carbocycles. The molecule has 0 spiro atoms. The molecule has 3 atom stereocenters. The molecule has 0 bridgehead atoms. The Bertz CT molecular complexity index is 746. The van der Waals surface area contributed by atoms with E-state index < -0.39 is 0 Å². The SMILES string of the molecule is CN(CC1NNC2CCCCCC21)C(=O)c1cccc(-n2cnnc2)c1. The fraction of sp³-hybridized carbons (Fsp3) is 0.526. The third-order valence-corrected chi connectivity index (χ3v) is 5.67. The molecule has 138 valence electrons. The summed E-state index contributed by atoms with van der Waals surface area (Å²) in [7, 11) is 1.89.